The van der Waals surface area contributed by atoms with E-state index in [1.807, 2.05) is 6.07 Å². The van der Waals surface area contributed by atoms with Crippen molar-refractivity contribution < 1.29 is 13.2 Å². The zero-order valence-corrected chi connectivity index (χ0v) is 12.5. The monoisotopic (exact) mass is 302 g/mol. The summed E-state index contributed by atoms with van der Waals surface area (Å²) in [5, 5.41) is 17.1. The highest BCUT2D eigenvalue weighted by Gasteiger charge is 2.42. The highest BCUT2D eigenvalue weighted by atomic mass is 32.2. The fourth-order valence-corrected chi connectivity index (χ4v) is 4.35. The minimum absolute atomic E-state index is 0.265. The smallest absolute Gasteiger partial charge is 0.205 e. The van der Waals surface area contributed by atoms with Gasteiger partial charge in [0.05, 0.1) is 13.2 Å². The molecule has 108 valence electrons. The van der Waals surface area contributed by atoms with Gasteiger partial charge in [-0.2, -0.15) is 10.5 Å². The van der Waals surface area contributed by atoms with Crippen LogP contribution in [-0.4, -0.2) is 20.8 Å². The molecule has 0 saturated carbocycles. The number of nitrogens with zero attached hydrogens (tertiary/aromatic N) is 2. The number of nitriles is 2. The molecule has 0 saturated heterocycles. The second-order valence-electron chi connectivity index (χ2n) is 4.90. The Morgan fingerprint density at radius 1 is 1.24 bits per heavy atom. The molecule has 0 spiro atoms. The predicted molar refractivity (Wildman–Crippen MR) is 77.0 cm³/mol. The van der Waals surface area contributed by atoms with Gasteiger partial charge in [0.2, 0.25) is 9.84 Å². The number of rotatable bonds is 2. The summed E-state index contributed by atoms with van der Waals surface area (Å²) in [5.74, 6) is 0.193. The molecule has 0 bridgehead atoms. The fraction of sp³-hybridized carbons (Fsp3) is 0.333. The quantitative estimate of drug-likeness (QED) is 0.836. The van der Waals surface area contributed by atoms with Crippen LogP contribution in [0.1, 0.15) is 24.8 Å². The van der Waals surface area contributed by atoms with Crippen molar-refractivity contribution in [1.82, 2.24) is 0 Å². The van der Waals surface area contributed by atoms with Crippen molar-refractivity contribution in [1.29, 1.82) is 10.5 Å². The largest absolute Gasteiger partial charge is 0.497 e. The van der Waals surface area contributed by atoms with Crippen LogP contribution in [0.25, 0.3) is 0 Å². The molecule has 1 aromatic rings. The molecule has 0 aliphatic carbocycles. The summed E-state index contributed by atoms with van der Waals surface area (Å²) >= 11 is 0. The summed E-state index contributed by atoms with van der Waals surface area (Å²) in [6, 6.07) is 10.5. The van der Waals surface area contributed by atoms with Crippen molar-refractivity contribution in [3.8, 4) is 17.9 Å². The zero-order chi connectivity index (χ0) is 15.6. The predicted octanol–water partition coefficient (Wildman–Crippen LogP) is 2.29. The molecular formula is C15H14N2O3S. The summed E-state index contributed by atoms with van der Waals surface area (Å²) in [6.45, 7) is 1.63. The van der Waals surface area contributed by atoms with E-state index >= 15 is 0 Å². The maximum atomic E-state index is 12.4. The highest BCUT2D eigenvalue weighted by Crippen LogP contribution is 2.39. The van der Waals surface area contributed by atoms with E-state index in [1.165, 1.54) is 0 Å². The van der Waals surface area contributed by atoms with Crippen LogP contribution < -0.4 is 4.74 Å². The third-order valence-corrected chi connectivity index (χ3v) is 5.78. The van der Waals surface area contributed by atoms with Gasteiger partial charge in [0, 0.05) is 5.92 Å². The van der Waals surface area contributed by atoms with Gasteiger partial charge in [0.1, 0.15) is 16.7 Å². The van der Waals surface area contributed by atoms with Crippen LogP contribution in [0.4, 0.5) is 0 Å². The van der Waals surface area contributed by atoms with Crippen LogP contribution in [0.5, 0.6) is 5.75 Å². The first-order chi connectivity index (χ1) is 9.95. The Morgan fingerprint density at radius 2 is 1.86 bits per heavy atom. The SMILES string of the molecule is COc1ccc([C@@H]2CC(C)=C(C#N)S(=O)(=O)[C@H]2C#N)cc1. The second-order valence-corrected chi connectivity index (χ2v) is 6.91. The highest BCUT2D eigenvalue weighted by molar-refractivity contribution is 7.96. The standard InChI is InChI=1S/C15H14N2O3S/c1-10-7-13(11-3-5-12(20-2)6-4-11)15(9-17)21(18,19)14(10)8-16/h3-6,13,15H,7H2,1-2H3/t13-,15-/m0/s1. The number of hydrogen-bond acceptors (Lipinski definition) is 5. The van der Waals surface area contributed by atoms with Crippen molar-refractivity contribution in [2.45, 2.75) is 24.5 Å². The molecule has 0 unspecified atom stereocenters. The van der Waals surface area contributed by atoms with Crippen molar-refractivity contribution in [3.05, 3.63) is 40.3 Å². The number of ether oxygens (including phenoxy) is 1. The molecule has 1 heterocycles. The van der Waals surface area contributed by atoms with Crippen molar-refractivity contribution >= 4 is 9.84 Å². The molecule has 1 aliphatic rings. The third kappa shape index (κ3) is 2.51. The minimum atomic E-state index is -3.90. The molecule has 1 aromatic carbocycles. The minimum Gasteiger partial charge on any atom is -0.497 e. The molecule has 0 N–H and O–H groups in total. The van der Waals surface area contributed by atoms with E-state index in [0.29, 0.717) is 17.7 Å². The lowest BCUT2D eigenvalue weighted by Crippen LogP contribution is -2.32. The van der Waals surface area contributed by atoms with Crippen LogP contribution in [0.3, 0.4) is 0 Å². The molecule has 1 aliphatic heterocycles. The van der Waals surface area contributed by atoms with E-state index in [2.05, 4.69) is 0 Å². The molecule has 5 nitrogen and oxygen atoms in total. The molecule has 0 fully saturated rings. The lowest BCUT2D eigenvalue weighted by Gasteiger charge is -2.27. The topological polar surface area (TPSA) is 90.9 Å². The number of hydrogen-bond donors (Lipinski definition) is 0. The van der Waals surface area contributed by atoms with E-state index in [0.717, 1.165) is 5.56 Å². The van der Waals surface area contributed by atoms with Crippen molar-refractivity contribution in [2.24, 2.45) is 0 Å². The maximum Gasteiger partial charge on any atom is 0.205 e. The van der Waals surface area contributed by atoms with E-state index in [1.54, 1.807) is 44.4 Å². The Hall–Kier alpha value is -2.31. The molecule has 0 aromatic heterocycles. The number of allylic oxidation sites excluding steroid dienone is 2. The lowest BCUT2D eigenvalue weighted by molar-refractivity contribution is 0.414. The molecule has 2 rings (SSSR count). The van der Waals surface area contributed by atoms with E-state index < -0.39 is 21.0 Å². The van der Waals surface area contributed by atoms with Crippen LogP contribution in [0.2, 0.25) is 0 Å². The molecule has 21 heavy (non-hydrogen) atoms. The Morgan fingerprint density at radius 3 is 2.33 bits per heavy atom. The van der Waals surface area contributed by atoms with Crippen LogP contribution in [0.15, 0.2) is 34.7 Å². The van der Waals surface area contributed by atoms with Gasteiger partial charge in [-0.1, -0.05) is 12.1 Å². The molecule has 6 heteroatoms. The normalized spacial score (nSPS) is 24.0. The Bertz CT molecular complexity index is 765. The summed E-state index contributed by atoms with van der Waals surface area (Å²) in [6.07, 6.45) is 0.382. The summed E-state index contributed by atoms with van der Waals surface area (Å²) in [7, 11) is -2.35. The van der Waals surface area contributed by atoms with Gasteiger partial charge in [0.15, 0.2) is 5.25 Å². The number of sulfone groups is 1. The van der Waals surface area contributed by atoms with Crippen LogP contribution >= 0.6 is 0 Å². The van der Waals surface area contributed by atoms with Gasteiger partial charge in [0.25, 0.3) is 0 Å². The average molecular weight is 302 g/mol. The molecule has 0 radical (unpaired) electrons. The van der Waals surface area contributed by atoms with Gasteiger partial charge >= 0.3 is 0 Å². The molecule has 0 amide bonds. The number of benzene rings is 1. The number of methoxy groups -OCH3 is 1. The summed E-state index contributed by atoms with van der Waals surface area (Å²) < 4.78 is 29.8. The van der Waals surface area contributed by atoms with Gasteiger partial charge in [-0.05, 0) is 36.6 Å². The Kier molecular flexibility index (Phi) is 4.02. The maximum absolute atomic E-state index is 12.4. The molecular weight excluding hydrogens is 288 g/mol. The van der Waals surface area contributed by atoms with Gasteiger partial charge in [-0.15, -0.1) is 0 Å². The van der Waals surface area contributed by atoms with Gasteiger partial charge in [-0.25, -0.2) is 8.42 Å². The van der Waals surface area contributed by atoms with Gasteiger partial charge < -0.3 is 4.74 Å². The van der Waals surface area contributed by atoms with Crippen LogP contribution in [-0.2, 0) is 9.84 Å². The lowest BCUT2D eigenvalue weighted by atomic mass is 9.89. The van der Waals surface area contributed by atoms with Crippen LogP contribution in [0, 0.1) is 22.7 Å². The first-order valence-electron chi connectivity index (χ1n) is 6.33. The fourth-order valence-electron chi connectivity index (χ4n) is 2.58. The summed E-state index contributed by atoms with van der Waals surface area (Å²) in [4.78, 5) is -0.265. The summed E-state index contributed by atoms with van der Waals surface area (Å²) in [5.41, 5.74) is 1.26. The third-order valence-electron chi connectivity index (χ3n) is 3.67. The van der Waals surface area contributed by atoms with E-state index in [-0.39, 0.29) is 4.91 Å². The zero-order valence-electron chi connectivity index (χ0n) is 11.7. The second kappa shape index (κ2) is 5.59. The average Bonchev–Trinajstić information content (AvgIpc) is 2.46. The first-order valence-corrected chi connectivity index (χ1v) is 7.87. The first kappa shape index (κ1) is 15.1. The van der Waals surface area contributed by atoms with Crippen molar-refractivity contribution in [2.75, 3.05) is 7.11 Å². The van der Waals surface area contributed by atoms with E-state index in [4.69, 9.17) is 10.00 Å². The Balaban J connectivity index is 2.53. The molecule has 2 atom stereocenters. The van der Waals surface area contributed by atoms with E-state index in [9.17, 15) is 13.7 Å². The van der Waals surface area contributed by atoms with Gasteiger partial charge in [-0.3, -0.25) is 0 Å². The van der Waals surface area contributed by atoms with Crippen molar-refractivity contribution in [3.63, 3.8) is 0 Å². The Labute approximate surface area is 124 Å².